The summed E-state index contributed by atoms with van der Waals surface area (Å²) in [6.45, 7) is 7.96. The molecule has 9 rings (SSSR count). The van der Waals surface area contributed by atoms with E-state index in [0.717, 1.165) is 30.7 Å². The van der Waals surface area contributed by atoms with Crippen LogP contribution in [0.4, 0.5) is 11.4 Å². The molecule has 4 aliphatic carbocycles. The van der Waals surface area contributed by atoms with E-state index in [1.807, 2.05) is 12.1 Å². The van der Waals surface area contributed by atoms with E-state index in [4.69, 9.17) is 37.4 Å². The first-order chi connectivity index (χ1) is 25.3. The molecule has 1 spiro atoms. The minimum Gasteiger partial charge on any atom is -0.495 e. The Kier molecular flexibility index (Phi) is 10.4. The van der Waals surface area contributed by atoms with Gasteiger partial charge in [0.25, 0.3) is 0 Å². The number of ether oxygens (including phenoxy) is 3. The fraction of sp³-hybridized carbons (Fsp3) is 0.619. The molecule has 4 bridgehead atoms. The molecule has 2 saturated heterocycles. The van der Waals surface area contributed by atoms with Crippen molar-refractivity contribution in [1.82, 2.24) is 14.8 Å². The molecular weight excluding hydrogens is 693 g/mol. The van der Waals surface area contributed by atoms with Gasteiger partial charge >= 0.3 is 0 Å². The molecule has 4 saturated carbocycles. The lowest BCUT2D eigenvalue weighted by molar-refractivity contribution is -0.0636. The van der Waals surface area contributed by atoms with Gasteiger partial charge in [-0.2, -0.15) is 5.26 Å². The van der Waals surface area contributed by atoms with Gasteiger partial charge in [0.15, 0.2) is 11.5 Å². The van der Waals surface area contributed by atoms with Crippen molar-refractivity contribution in [1.29, 1.82) is 5.26 Å². The van der Waals surface area contributed by atoms with E-state index in [0.29, 0.717) is 72.6 Å². The summed E-state index contributed by atoms with van der Waals surface area (Å²) in [6, 6.07) is 9.30. The van der Waals surface area contributed by atoms with Gasteiger partial charge in [0.05, 0.1) is 53.3 Å². The van der Waals surface area contributed by atoms with Gasteiger partial charge in [-0.1, -0.05) is 23.2 Å². The number of benzene rings is 2. The number of rotatable bonds is 12. The molecule has 2 aromatic carbocycles. The molecule has 6 fully saturated rings. The third kappa shape index (κ3) is 7.40. The van der Waals surface area contributed by atoms with E-state index >= 15 is 0 Å². The highest BCUT2D eigenvalue weighted by Crippen LogP contribution is 2.61. The largest absolute Gasteiger partial charge is 0.495 e. The van der Waals surface area contributed by atoms with Crippen LogP contribution >= 0.6 is 23.2 Å². The van der Waals surface area contributed by atoms with Crippen molar-refractivity contribution in [2.75, 3.05) is 65.4 Å². The average molecular weight is 747 g/mol. The molecule has 2 aliphatic heterocycles. The van der Waals surface area contributed by atoms with Gasteiger partial charge in [-0.25, -0.2) is 0 Å². The minimum absolute atomic E-state index is 0.370. The highest BCUT2D eigenvalue weighted by Gasteiger charge is 2.50. The highest BCUT2D eigenvalue weighted by atomic mass is 35.5. The van der Waals surface area contributed by atoms with E-state index in [1.165, 1.54) is 64.8 Å². The number of piperidine rings is 2. The number of nitrogens with one attached hydrogen (secondary N) is 1. The van der Waals surface area contributed by atoms with E-state index in [9.17, 15) is 5.26 Å². The number of hydrogen-bond donors (Lipinski definition) is 1. The zero-order valence-corrected chi connectivity index (χ0v) is 32.3. The van der Waals surface area contributed by atoms with Gasteiger partial charge in [0.2, 0.25) is 0 Å². The standard InChI is InChI=1S/C42H53Cl2N5O3/c1-50-37-22-36(33(43)20-34(37)44)47-40-31(26-45)27-46-35-21-39(38(51-2)19-32(35)40)52-15-3-9-48-10-4-41(5-11-48)6-12-49(13-7-41)14-8-42-23-28-16-29(24-42)18-30(17-28)25-42/h19-22,27-30H,3-18,23-25H2,1-2H3,(H,46,47). The van der Waals surface area contributed by atoms with Crippen LogP contribution in [0.2, 0.25) is 10.0 Å². The van der Waals surface area contributed by atoms with E-state index < -0.39 is 0 Å². The van der Waals surface area contributed by atoms with Crippen molar-refractivity contribution >= 4 is 45.5 Å². The Morgan fingerprint density at radius 2 is 1.46 bits per heavy atom. The van der Waals surface area contributed by atoms with E-state index in [2.05, 4.69) is 26.2 Å². The SMILES string of the molecule is COc1cc(Nc2c(C#N)cnc3cc(OCCCN4CCC5(CC4)CCN(CCC46CC7CC(CC(C7)C4)C6)CC5)c(OC)cc23)c(Cl)cc1Cl. The van der Waals surface area contributed by atoms with Crippen molar-refractivity contribution in [2.45, 2.75) is 77.0 Å². The number of nitriles is 1. The number of fused-ring (bicyclic) bond motifs is 1. The highest BCUT2D eigenvalue weighted by molar-refractivity contribution is 6.37. The molecule has 3 aromatic rings. The summed E-state index contributed by atoms with van der Waals surface area (Å²) in [5, 5.41) is 14.7. The van der Waals surface area contributed by atoms with Gasteiger partial charge < -0.3 is 29.3 Å². The number of nitrogens with zero attached hydrogens (tertiary/aromatic N) is 4. The van der Waals surface area contributed by atoms with Crippen LogP contribution in [-0.2, 0) is 0 Å². The van der Waals surface area contributed by atoms with Gasteiger partial charge in [-0.3, -0.25) is 4.98 Å². The minimum atomic E-state index is 0.370. The summed E-state index contributed by atoms with van der Waals surface area (Å²) in [4.78, 5) is 10.0. The van der Waals surface area contributed by atoms with Gasteiger partial charge in [-0.15, -0.1) is 0 Å². The first kappa shape index (κ1) is 36.0. The van der Waals surface area contributed by atoms with Crippen LogP contribution < -0.4 is 19.5 Å². The first-order valence-electron chi connectivity index (χ1n) is 19.5. The first-order valence-corrected chi connectivity index (χ1v) is 20.3. The molecular formula is C42H53Cl2N5O3. The van der Waals surface area contributed by atoms with Crippen LogP contribution in [0.5, 0.6) is 17.2 Å². The summed E-state index contributed by atoms with van der Waals surface area (Å²) < 4.78 is 17.4. The number of halogens is 2. The Bertz CT molecular complexity index is 1770. The summed E-state index contributed by atoms with van der Waals surface area (Å²) in [5.41, 5.74) is 3.43. The molecule has 0 amide bonds. The van der Waals surface area contributed by atoms with Crippen LogP contribution in [0.1, 0.15) is 82.6 Å². The molecule has 8 nitrogen and oxygen atoms in total. The molecule has 0 atom stereocenters. The predicted molar refractivity (Wildman–Crippen MR) is 208 cm³/mol. The molecule has 6 aliphatic rings. The smallest absolute Gasteiger partial charge is 0.163 e. The quantitative estimate of drug-likeness (QED) is 0.184. The maximum absolute atomic E-state index is 9.91. The van der Waals surface area contributed by atoms with Crippen molar-refractivity contribution in [3.05, 3.63) is 46.1 Å². The lowest BCUT2D eigenvalue weighted by atomic mass is 9.49. The number of aromatic nitrogens is 1. The number of hydrogen-bond acceptors (Lipinski definition) is 8. The Morgan fingerprint density at radius 1 is 0.827 bits per heavy atom. The van der Waals surface area contributed by atoms with Crippen LogP contribution in [0.25, 0.3) is 10.9 Å². The zero-order valence-electron chi connectivity index (χ0n) is 30.8. The Balaban J connectivity index is 0.816. The Labute approximate surface area is 319 Å². The Hall–Kier alpha value is -2.96. The lowest BCUT2D eigenvalue weighted by Crippen LogP contribution is -2.49. The van der Waals surface area contributed by atoms with Crippen LogP contribution in [0.15, 0.2) is 30.5 Å². The summed E-state index contributed by atoms with van der Waals surface area (Å²) in [5.74, 6) is 4.89. The molecule has 52 heavy (non-hydrogen) atoms. The van der Waals surface area contributed by atoms with Gasteiger partial charge in [0.1, 0.15) is 11.8 Å². The zero-order chi connectivity index (χ0) is 35.9. The molecule has 0 radical (unpaired) electrons. The second kappa shape index (κ2) is 15.1. The third-order valence-corrected chi connectivity index (χ3v) is 14.2. The predicted octanol–water partition coefficient (Wildman–Crippen LogP) is 9.73. The van der Waals surface area contributed by atoms with Crippen LogP contribution in [0, 0.1) is 39.9 Å². The second-order valence-electron chi connectivity index (χ2n) is 16.8. The van der Waals surface area contributed by atoms with E-state index in [1.54, 1.807) is 71.1 Å². The Morgan fingerprint density at radius 3 is 2.08 bits per heavy atom. The molecule has 0 unspecified atom stereocenters. The van der Waals surface area contributed by atoms with Crippen molar-refractivity contribution in [2.24, 2.45) is 28.6 Å². The topological polar surface area (TPSA) is 82.9 Å². The van der Waals surface area contributed by atoms with Crippen molar-refractivity contribution in [3.63, 3.8) is 0 Å². The average Bonchev–Trinajstić information content (AvgIpc) is 3.14. The number of anilines is 2. The lowest BCUT2D eigenvalue weighted by Gasteiger charge is -2.57. The summed E-state index contributed by atoms with van der Waals surface area (Å²) in [7, 11) is 3.17. The fourth-order valence-corrected chi connectivity index (χ4v) is 11.6. The maximum atomic E-state index is 9.91. The van der Waals surface area contributed by atoms with Crippen molar-refractivity contribution in [3.8, 4) is 23.3 Å². The number of methoxy groups -OCH3 is 2. The number of likely N-dealkylation sites (tertiary alicyclic amines) is 2. The summed E-state index contributed by atoms with van der Waals surface area (Å²) >= 11 is 12.8. The van der Waals surface area contributed by atoms with Crippen LogP contribution in [0.3, 0.4) is 0 Å². The molecule has 278 valence electrons. The summed E-state index contributed by atoms with van der Waals surface area (Å²) in [6.07, 6.45) is 18.7. The fourth-order valence-electron chi connectivity index (χ4n) is 11.1. The molecule has 3 heterocycles. The van der Waals surface area contributed by atoms with Crippen molar-refractivity contribution < 1.29 is 14.2 Å². The van der Waals surface area contributed by atoms with Gasteiger partial charge in [-0.05, 0) is 150 Å². The van der Waals surface area contributed by atoms with E-state index in [-0.39, 0.29) is 0 Å². The molecule has 1 N–H and O–H groups in total. The molecule has 10 heteroatoms. The second-order valence-corrected chi connectivity index (χ2v) is 17.6. The maximum Gasteiger partial charge on any atom is 0.163 e. The van der Waals surface area contributed by atoms with Crippen LogP contribution in [-0.4, -0.2) is 74.9 Å². The molecule has 1 aromatic heterocycles. The monoisotopic (exact) mass is 745 g/mol. The third-order valence-electron chi connectivity index (χ3n) is 13.6. The van der Waals surface area contributed by atoms with Gasteiger partial charge in [0, 0.05) is 30.3 Å². The normalized spacial score (nSPS) is 26.8. The number of pyridine rings is 1.